The van der Waals surface area contributed by atoms with Crippen LogP contribution < -0.4 is 5.14 Å². The van der Waals surface area contributed by atoms with Crippen LogP contribution in [-0.2, 0) is 14.7 Å². The zero-order chi connectivity index (χ0) is 18.0. The number of benzene rings is 2. The molecular formula is C16H14BN3O4S. The maximum absolute atomic E-state index is 11.8. The zero-order valence-corrected chi connectivity index (χ0v) is 14.1. The number of rotatable bonds is 4. The fourth-order valence-corrected chi connectivity index (χ4v) is 2.89. The van der Waals surface area contributed by atoms with Gasteiger partial charge in [0.1, 0.15) is 0 Å². The highest BCUT2D eigenvalue weighted by atomic mass is 32.2. The summed E-state index contributed by atoms with van der Waals surface area (Å²) < 4.78 is 29.1. The quantitative estimate of drug-likeness (QED) is 0.700. The third kappa shape index (κ3) is 3.47. The lowest BCUT2D eigenvalue weighted by molar-refractivity contribution is 0.0743. The molecule has 1 aromatic heterocycles. The molecule has 0 saturated carbocycles. The molecule has 0 radical (unpaired) electrons. The van der Waals surface area contributed by atoms with Gasteiger partial charge in [-0.25, -0.2) is 23.0 Å². The number of sulfonamides is 1. The van der Waals surface area contributed by atoms with Gasteiger partial charge >= 0.3 is 14.0 Å². The second-order valence-corrected chi connectivity index (χ2v) is 6.78. The molecular weight excluding hydrogens is 341 g/mol. The van der Waals surface area contributed by atoms with Crippen molar-refractivity contribution < 1.29 is 17.9 Å². The molecule has 0 unspecified atom stereocenters. The Labute approximate surface area is 145 Å². The Bertz CT molecular complexity index is 1020. The van der Waals surface area contributed by atoms with E-state index >= 15 is 0 Å². The summed E-state index contributed by atoms with van der Waals surface area (Å²) in [6.45, 7) is 0. The summed E-state index contributed by atoms with van der Waals surface area (Å²) in [6.07, 6.45) is 0. The Morgan fingerprint density at radius 2 is 1.72 bits per heavy atom. The van der Waals surface area contributed by atoms with E-state index in [4.69, 9.17) is 9.79 Å². The Balaban J connectivity index is 2.14. The number of carbonyl (C=O) groups is 1. The van der Waals surface area contributed by atoms with E-state index in [0.29, 0.717) is 11.4 Å². The lowest BCUT2D eigenvalue weighted by atomic mass is 10.1. The topological polar surface area (TPSA) is 104 Å². The van der Waals surface area contributed by atoms with Crippen LogP contribution in [0.2, 0.25) is 0 Å². The molecule has 3 aromatic rings. The van der Waals surface area contributed by atoms with Gasteiger partial charge in [0.15, 0.2) is 5.69 Å². The van der Waals surface area contributed by atoms with Gasteiger partial charge in [-0.1, -0.05) is 30.3 Å². The van der Waals surface area contributed by atoms with Crippen LogP contribution in [0, 0.1) is 0 Å². The molecule has 0 amide bonds. The number of aromatic nitrogens is 2. The van der Waals surface area contributed by atoms with Crippen LogP contribution in [-0.4, -0.2) is 32.2 Å². The summed E-state index contributed by atoms with van der Waals surface area (Å²) in [4.78, 5) is 11.8. The number of carbonyl (C=O) groups excluding carboxylic acids is 1. The largest absolute Gasteiger partial charge is 0.539 e. The first-order chi connectivity index (χ1) is 11.9. The molecule has 0 aliphatic heterocycles. The lowest BCUT2D eigenvalue weighted by Gasteiger charge is -2.08. The van der Waals surface area contributed by atoms with Gasteiger partial charge < -0.3 is 4.65 Å². The van der Waals surface area contributed by atoms with Crippen LogP contribution >= 0.6 is 0 Å². The molecule has 2 aromatic carbocycles. The van der Waals surface area contributed by atoms with Gasteiger partial charge in [-0.05, 0) is 30.3 Å². The van der Waals surface area contributed by atoms with E-state index < -0.39 is 16.0 Å². The van der Waals surface area contributed by atoms with Crippen LogP contribution in [0.15, 0.2) is 65.6 Å². The molecule has 7 nitrogen and oxygen atoms in total. The molecule has 25 heavy (non-hydrogen) atoms. The highest BCUT2D eigenvalue weighted by molar-refractivity contribution is 7.89. The van der Waals surface area contributed by atoms with Crippen molar-refractivity contribution in [2.24, 2.45) is 5.14 Å². The molecule has 0 fully saturated rings. The van der Waals surface area contributed by atoms with Crippen molar-refractivity contribution >= 4 is 24.0 Å². The van der Waals surface area contributed by atoms with Crippen molar-refractivity contribution in [1.29, 1.82) is 0 Å². The number of primary sulfonamides is 1. The lowest BCUT2D eigenvalue weighted by Crippen LogP contribution is -2.12. The first kappa shape index (κ1) is 16.9. The fraction of sp³-hybridized carbons (Fsp3) is 0. The minimum Gasteiger partial charge on any atom is -0.539 e. The number of hydrogen-bond acceptors (Lipinski definition) is 5. The van der Waals surface area contributed by atoms with Crippen molar-refractivity contribution in [3.05, 3.63) is 66.4 Å². The molecule has 0 spiro atoms. The number of nitrogens with two attached hydrogens (primary N) is 1. The smallest absolute Gasteiger partial charge is 0.340 e. The van der Waals surface area contributed by atoms with Crippen LogP contribution in [0.4, 0.5) is 0 Å². The second kappa shape index (κ2) is 6.54. The molecule has 0 saturated heterocycles. The van der Waals surface area contributed by atoms with Gasteiger partial charge in [0.2, 0.25) is 10.0 Å². The summed E-state index contributed by atoms with van der Waals surface area (Å²) in [6, 6.07) is 16.9. The third-order valence-corrected chi connectivity index (χ3v) is 4.51. The van der Waals surface area contributed by atoms with Crippen LogP contribution in [0.25, 0.3) is 16.9 Å². The van der Waals surface area contributed by atoms with Gasteiger partial charge in [-0.3, -0.25) is 0 Å². The van der Waals surface area contributed by atoms with Crippen LogP contribution in [0.1, 0.15) is 10.5 Å². The van der Waals surface area contributed by atoms with E-state index in [1.807, 2.05) is 30.3 Å². The summed E-state index contributed by atoms with van der Waals surface area (Å²) in [7, 11) is -2.50. The van der Waals surface area contributed by atoms with E-state index in [-0.39, 0.29) is 10.6 Å². The third-order valence-electron chi connectivity index (χ3n) is 3.58. The summed E-state index contributed by atoms with van der Waals surface area (Å²) >= 11 is 0. The normalized spacial score (nSPS) is 11.2. The maximum atomic E-state index is 11.8. The minimum absolute atomic E-state index is 0.00198. The predicted molar refractivity (Wildman–Crippen MR) is 94.3 cm³/mol. The van der Waals surface area contributed by atoms with Gasteiger partial charge in [0, 0.05) is 5.56 Å². The molecule has 0 aliphatic carbocycles. The Morgan fingerprint density at radius 1 is 1.08 bits per heavy atom. The van der Waals surface area contributed by atoms with E-state index in [2.05, 4.69) is 5.10 Å². The molecule has 0 bridgehead atoms. The van der Waals surface area contributed by atoms with Gasteiger partial charge in [0.05, 0.1) is 16.3 Å². The van der Waals surface area contributed by atoms with E-state index in [1.54, 1.807) is 22.9 Å². The standard InChI is InChI=1S/C16H14BN3O4S/c17-24-16(21)14-10-15(11-4-2-1-3-5-11)20(19-14)12-6-8-13(9-7-12)25(18,22)23/h1-10H,17H2,(H2,18,22,23). The molecule has 1 heterocycles. The van der Waals surface area contributed by atoms with Crippen molar-refractivity contribution in [2.75, 3.05) is 0 Å². The first-order valence-electron chi connectivity index (χ1n) is 7.27. The Morgan fingerprint density at radius 3 is 2.28 bits per heavy atom. The Kier molecular flexibility index (Phi) is 4.43. The van der Waals surface area contributed by atoms with Crippen molar-refractivity contribution in [1.82, 2.24) is 9.78 Å². The molecule has 9 heteroatoms. The molecule has 126 valence electrons. The minimum atomic E-state index is -3.78. The van der Waals surface area contributed by atoms with Crippen molar-refractivity contribution in [3.63, 3.8) is 0 Å². The SMILES string of the molecule is BOC(=O)c1cc(-c2ccccc2)n(-c2ccc(S(N)(=O)=O)cc2)n1. The molecule has 3 rings (SSSR count). The zero-order valence-electron chi connectivity index (χ0n) is 13.3. The van der Waals surface area contributed by atoms with Gasteiger partial charge in [-0.2, -0.15) is 5.10 Å². The molecule has 2 N–H and O–H groups in total. The van der Waals surface area contributed by atoms with Crippen molar-refractivity contribution in [3.8, 4) is 16.9 Å². The van der Waals surface area contributed by atoms with Crippen molar-refractivity contribution in [2.45, 2.75) is 4.90 Å². The average molecular weight is 355 g/mol. The van der Waals surface area contributed by atoms with Crippen LogP contribution in [0.5, 0.6) is 0 Å². The summed E-state index contributed by atoms with van der Waals surface area (Å²) in [5.74, 6) is -0.558. The predicted octanol–water partition coefficient (Wildman–Crippen LogP) is 0.892. The fourth-order valence-electron chi connectivity index (χ4n) is 2.37. The highest BCUT2D eigenvalue weighted by Crippen LogP contribution is 2.24. The van der Waals surface area contributed by atoms with Gasteiger partial charge in [-0.15, -0.1) is 0 Å². The van der Waals surface area contributed by atoms with Gasteiger partial charge in [0.25, 0.3) is 0 Å². The maximum Gasteiger partial charge on any atom is 0.340 e. The summed E-state index contributed by atoms with van der Waals surface area (Å²) in [5, 5.41) is 9.40. The first-order valence-corrected chi connectivity index (χ1v) is 8.82. The Hall–Kier alpha value is -2.91. The van der Waals surface area contributed by atoms with E-state index in [9.17, 15) is 13.2 Å². The molecule has 0 atom stereocenters. The number of hydrogen-bond donors (Lipinski definition) is 1. The highest BCUT2D eigenvalue weighted by Gasteiger charge is 2.17. The van der Waals surface area contributed by atoms with Crippen LogP contribution in [0.3, 0.4) is 0 Å². The van der Waals surface area contributed by atoms with E-state index in [1.165, 1.54) is 20.2 Å². The average Bonchev–Trinajstić information content (AvgIpc) is 3.06. The second-order valence-electron chi connectivity index (χ2n) is 5.22. The molecule has 0 aliphatic rings. The number of nitrogens with zero attached hydrogens (tertiary/aromatic N) is 2. The van der Waals surface area contributed by atoms with E-state index in [0.717, 1.165) is 5.56 Å². The monoisotopic (exact) mass is 355 g/mol. The summed E-state index contributed by atoms with van der Waals surface area (Å²) in [5.41, 5.74) is 2.25.